The molecule has 2 heteroatoms. The van der Waals surface area contributed by atoms with E-state index in [-0.39, 0.29) is 0 Å². The fourth-order valence-electron chi connectivity index (χ4n) is 3.76. The van der Waals surface area contributed by atoms with E-state index < -0.39 is 0 Å². The van der Waals surface area contributed by atoms with Crippen molar-refractivity contribution in [3.63, 3.8) is 0 Å². The largest absolute Gasteiger partial charge is 0.315 e. The van der Waals surface area contributed by atoms with Gasteiger partial charge in [0.05, 0.1) is 0 Å². The smallest absolute Gasteiger partial charge is 0.0281 e. The quantitative estimate of drug-likeness (QED) is 0.784. The van der Waals surface area contributed by atoms with Gasteiger partial charge in [0.1, 0.15) is 0 Å². The number of nitrogens with one attached hydrogen (secondary N) is 1. The van der Waals surface area contributed by atoms with Crippen molar-refractivity contribution >= 4 is 11.8 Å². The van der Waals surface area contributed by atoms with Crippen LogP contribution in [0.15, 0.2) is 0 Å². The van der Waals surface area contributed by atoms with Crippen LogP contribution >= 0.6 is 11.8 Å². The Morgan fingerprint density at radius 3 is 2.16 bits per heavy atom. The molecule has 0 aromatic rings. The normalized spacial score (nSPS) is 30.9. The zero-order valence-electron chi connectivity index (χ0n) is 13.4. The molecule has 0 amide bonds. The fourth-order valence-corrected chi connectivity index (χ4v) is 4.70. The van der Waals surface area contributed by atoms with Crippen LogP contribution in [0.2, 0.25) is 0 Å². The first-order valence-corrected chi connectivity index (χ1v) is 9.43. The molecule has 0 radical (unpaired) electrons. The predicted octanol–water partition coefficient (Wildman–Crippen LogP) is 4.71. The summed E-state index contributed by atoms with van der Waals surface area (Å²) in [6.45, 7) is 9.74. The molecule has 0 atom stereocenters. The van der Waals surface area contributed by atoms with Crippen molar-refractivity contribution < 1.29 is 0 Å². The molecule has 2 fully saturated rings. The lowest BCUT2D eigenvalue weighted by Crippen LogP contribution is -2.44. The van der Waals surface area contributed by atoms with Gasteiger partial charge in [-0.15, -0.1) is 0 Å². The fraction of sp³-hybridized carbons (Fsp3) is 1.00. The van der Waals surface area contributed by atoms with Crippen LogP contribution in [0.5, 0.6) is 0 Å². The number of rotatable bonds is 5. The van der Waals surface area contributed by atoms with Gasteiger partial charge in [-0.05, 0) is 68.6 Å². The van der Waals surface area contributed by atoms with Gasteiger partial charge in [-0.2, -0.15) is 11.8 Å². The molecule has 0 aromatic carbocycles. The molecule has 2 saturated carbocycles. The van der Waals surface area contributed by atoms with Gasteiger partial charge in [0.15, 0.2) is 0 Å². The lowest BCUT2D eigenvalue weighted by molar-refractivity contribution is 0.148. The summed E-state index contributed by atoms with van der Waals surface area (Å²) in [5, 5.41) is 3.78. The second-order valence-electron chi connectivity index (χ2n) is 7.96. The third-order valence-corrected chi connectivity index (χ3v) is 7.07. The molecule has 19 heavy (non-hydrogen) atoms. The van der Waals surface area contributed by atoms with Crippen LogP contribution in [0, 0.1) is 17.3 Å². The van der Waals surface area contributed by atoms with Crippen LogP contribution in [0.4, 0.5) is 0 Å². The first-order chi connectivity index (χ1) is 8.95. The van der Waals surface area contributed by atoms with Crippen LogP contribution < -0.4 is 5.32 Å². The van der Waals surface area contributed by atoms with Gasteiger partial charge in [0.2, 0.25) is 0 Å². The summed E-state index contributed by atoms with van der Waals surface area (Å²) in [7, 11) is 0. The van der Waals surface area contributed by atoms with Crippen LogP contribution in [-0.4, -0.2) is 24.1 Å². The van der Waals surface area contributed by atoms with E-state index in [2.05, 4.69) is 44.1 Å². The molecule has 0 saturated heterocycles. The van der Waals surface area contributed by atoms with Crippen molar-refractivity contribution in [2.75, 3.05) is 19.3 Å². The highest BCUT2D eigenvalue weighted by molar-refractivity contribution is 8.00. The van der Waals surface area contributed by atoms with Gasteiger partial charge >= 0.3 is 0 Å². The Labute approximate surface area is 124 Å². The summed E-state index contributed by atoms with van der Waals surface area (Å²) in [6.07, 6.45) is 12.4. The van der Waals surface area contributed by atoms with E-state index in [1.165, 1.54) is 58.0 Å². The van der Waals surface area contributed by atoms with Crippen molar-refractivity contribution in [1.82, 2.24) is 5.32 Å². The molecule has 1 nitrogen and oxygen atoms in total. The van der Waals surface area contributed by atoms with Gasteiger partial charge < -0.3 is 5.32 Å². The molecular weight excluding hydrogens is 250 g/mol. The molecule has 0 aromatic heterocycles. The maximum absolute atomic E-state index is 3.78. The van der Waals surface area contributed by atoms with E-state index in [4.69, 9.17) is 0 Å². The second kappa shape index (κ2) is 6.39. The highest BCUT2D eigenvalue weighted by Gasteiger charge is 2.36. The van der Waals surface area contributed by atoms with Crippen LogP contribution in [0.25, 0.3) is 0 Å². The predicted molar refractivity (Wildman–Crippen MR) is 87.9 cm³/mol. The van der Waals surface area contributed by atoms with Gasteiger partial charge in [-0.1, -0.05) is 27.2 Å². The molecule has 2 rings (SSSR count). The Morgan fingerprint density at radius 2 is 1.74 bits per heavy atom. The molecule has 0 unspecified atom stereocenters. The van der Waals surface area contributed by atoms with E-state index in [0.29, 0.717) is 10.2 Å². The van der Waals surface area contributed by atoms with E-state index in [0.717, 1.165) is 11.8 Å². The molecule has 2 aliphatic carbocycles. The highest BCUT2D eigenvalue weighted by Crippen LogP contribution is 2.42. The number of thioether (sulfide) groups is 1. The van der Waals surface area contributed by atoms with Crippen molar-refractivity contribution in [2.24, 2.45) is 17.3 Å². The Hall–Kier alpha value is 0.310. The van der Waals surface area contributed by atoms with Crippen molar-refractivity contribution in [3.8, 4) is 0 Å². The third-order valence-electron chi connectivity index (χ3n) is 5.65. The summed E-state index contributed by atoms with van der Waals surface area (Å²) < 4.78 is 0.600. The lowest BCUT2D eigenvalue weighted by atomic mass is 9.70. The van der Waals surface area contributed by atoms with E-state index >= 15 is 0 Å². The van der Waals surface area contributed by atoms with E-state index in [1.807, 2.05) is 0 Å². The first-order valence-electron chi connectivity index (χ1n) is 8.21. The third kappa shape index (κ3) is 4.14. The summed E-state index contributed by atoms with van der Waals surface area (Å²) >= 11 is 2.09. The molecule has 0 spiro atoms. The van der Waals surface area contributed by atoms with Crippen LogP contribution in [0.3, 0.4) is 0 Å². The average molecular weight is 284 g/mol. The maximum Gasteiger partial charge on any atom is 0.0281 e. The highest BCUT2D eigenvalue weighted by atomic mass is 32.2. The molecular formula is C17H33NS. The zero-order chi connectivity index (χ0) is 13.9. The minimum atomic E-state index is 0.521. The SMILES string of the molecule is CSC1(CNCC2CCC(C(C)(C)C)CC2)CCC1. The minimum Gasteiger partial charge on any atom is -0.315 e. The number of hydrogen-bond acceptors (Lipinski definition) is 2. The standard InChI is InChI=1S/C17H33NS/c1-16(2,3)15-8-6-14(7-9-15)12-18-13-17(19-4)10-5-11-17/h14-15,18H,5-13H2,1-4H3. The topological polar surface area (TPSA) is 12.0 Å². The second-order valence-corrected chi connectivity index (χ2v) is 9.23. The lowest BCUT2D eigenvalue weighted by Gasteiger charge is -2.41. The summed E-state index contributed by atoms with van der Waals surface area (Å²) in [4.78, 5) is 0. The summed E-state index contributed by atoms with van der Waals surface area (Å²) in [5.41, 5.74) is 0.521. The van der Waals surface area contributed by atoms with Gasteiger partial charge in [0.25, 0.3) is 0 Å². The Bertz CT molecular complexity index is 264. The van der Waals surface area contributed by atoms with E-state index in [9.17, 15) is 0 Å². The van der Waals surface area contributed by atoms with E-state index in [1.54, 1.807) is 0 Å². The summed E-state index contributed by atoms with van der Waals surface area (Å²) in [5.74, 6) is 1.89. The van der Waals surface area contributed by atoms with Crippen LogP contribution in [0.1, 0.15) is 65.7 Å². The Balaban J connectivity index is 1.63. The van der Waals surface area contributed by atoms with Crippen molar-refractivity contribution in [2.45, 2.75) is 70.5 Å². The Morgan fingerprint density at radius 1 is 1.11 bits per heavy atom. The van der Waals surface area contributed by atoms with Crippen LogP contribution in [-0.2, 0) is 0 Å². The molecule has 2 aliphatic rings. The van der Waals surface area contributed by atoms with Crippen molar-refractivity contribution in [3.05, 3.63) is 0 Å². The average Bonchev–Trinajstić information content (AvgIpc) is 2.32. The maximum atomic E-state index is 3.78. The molecule has 0 aliphatic heterocycles. The molecule has 0 heterocycles. The monoisotopic (exact) mass is 283 g/mol. The molecule has 0 bridgehead atoms. The zero-order valence-corrected chi connectivity index (χ0v) is 14.2. The van der Waals surface area contributed by atoms with Gasteiger partial charge in [-0.3, -0.25) is 0 Å². The summed E-state index contributed by atoms with van der Waals surface area (Å²) in [6, 6.07) is 0. The molecule has 1 N–H and O–H groups in total. The Kier molecular flexibility index (Phi) is 5.28. The van der Waals surface area contributed by atoms with Crippen molar-refractivity contribution in [1.29, 1.82) is 0 Å². The van der Waals surface area contributed by atoms with Gasteiger partial charge in [-0.25, -0.2) is 0 Å². The molecule has 112 valence electrons. The number of hydrogen-bond donors (Lipinski definition) is 1. The first kappa shape index (κ1) is 15.7. The van der Waals surface area contributed by atoms with Gasteiger partial charge in [0, 0.05) is 11.3 Å². The minimum absolute atomic E-state index is 0.521.